The van der Waals surface area contributed by atoms with Crippen molar-refractivity contribution in [1.29, 1.82) is 0 Å². The molecular weight excluding hydrogens is 292 g/mol. The third kappa shape index (κ3) is 2.86. The molecule has 0 saturated carbocycles. The molecule has 0 N–H and O–H groups in total. The molecule has 116 valence electrons. The Balaban J connectivity index is 1.69. The monoisotopic (exact) mass is 310 g/mol. The quantitative estimate of drug-likeness (QED) is 0.433. The van der Waals surface area contributed by atoms with Gasteiger partial charge in [-0.25, -0.2) is 0 Å². The molecule has 24 heavy (non-hydrogen) atoms. The molecule has 1 heterocycles. The zero-order valence-electron chi connectivity index (χ0n) is 13.6. The van der Waals surface area contributed by atoms with Crippen molar-refractivity contribution in [2.24, 2.45) is 4.99 Å². The Morgan fingerprint density at radius 3 is 2.42 bits per heavy atom. The number of hydrogen-bond donors (Lipinski definition) is 0. The minimum atomic E-state index is 0.965. The van der Waals surface area contributed by atoms with Crippen LogP contribution in [0.5, 0.6) is 0 Å². The lowest BCUT2D eigenvalue weighted by Gasteiger charge is -2.08. The first-order chi connectivity index (χ1) is 11.8. The minimum Gasteiger partial charge on any atom is -0.316 e. The highest BCUT2D eigenvalue weighted by Crippen LogP contribution is 2.20. The van der Waals surface area contributed by atoms with Crippen molar-refractivity contribution in [3.63, 3.8) is 0 Å². The molecule has 0 aliphatic carbocycles. The molecule has 0 unspecified atom stereocenters. The molecule has 4 rings (SSSR count). The molecule has 0 bridgehead atoms. The summed E-state index contributed by atoms with van der Waals surface area (Å²) in [6, 6.07) is 27.3. The molecule has 0 fully saturated rings. The number of rotatable bonds is 3. The number of aliphatic imine (C=N–C) groups is 1. The van der Waals surface area contributed by atoms with Crippen LogP contribution in [0.4, 0.5) is 5.69 Å². The molecule has 0 aliphatic heterocycles. The fourth-order valence-electron chi connectivity index (χ4n) is 2.83. The van der Waals surface area contributed by atoms with Crippen LogP contribution in [0.15, 0.2) is 90.1 Å². The molecule has 0 amide bonds. The normalized spacial score (nSPS) is 11.4. The Hall–Kier alpha value is -3.13. The van der Waals surface area contributed by atoms with Crippen molar-refractivity contribution in [3.05, 3.63) is 96.3 Å². The Kier molecular flexibility index (Phi) is 3.72. The third-order valence-corrected chi connectivity index (χ3v) is 4.17. The van der Waals surface area contributed by atoms with Gasteiger partial charge in [-0.2, -0.15) is 0 Å². The van der Waals surface area contributed by atoms with Crippen LogP contribution in [-0.2, 0) is 0 Å². The average Bonchev–Trinajstić information content (AvgIpc) is 3.09. The summed E-state index contributed by atoms with van der Waals surface area (Å²) in [6.07, 6.45) is 3.99. The lowest BCUT2D eigenvalue weighted by Crippen LogP contribution is -1.97. The summed E-state index contributed by atoms with van der Waals surface area (Å²) in [5.41, 5.74) is 4.41. The zero-order valence-corrected chi connectivity index (χ0v) is 13.6. The first-order valence-corrected chi connectivity index (χ1v) is 8.07. The standard InChI is InChI=1S/C22H18N2/c1-17-8-11-20(12-9-17)23-16-22-7-4-14-24(22)21-13-10-18-5-2-3-6-19(18)15-21/h2-16H,1H3. The van der Waals surface area contributed by atoms with Crippen molar-refractivity contribution < 1.29 is 0 Å². The molecule has 2 heteroatoms. The third-order valence-electron chi connectivity index (χ3n) is 4.17. The molecule has 0 saturated heterocycles. The van der Waals surface area contributed by atoms with Crippen molar-refractivity contribution in [2.45, 2.75) is 6.92 Å². The van der Waals surface area contributed by atoms with Gasteiger partial charge in [-0.05, 0) is 54.1 Å². The molecule has 0 radical (unpaired) electrons. The smallest absolute Gasteiger partial charge is 0.0639 e. The van der Waals surface area contributed by atoms with Crippen molar-refractivity contribution in [3.8, 4) is 5.69 Å². The van der Waals surface area contributed by atoms with Gasteiger partial charge >= 0.3 is 0 Å². The highest BCUT2D eigenvalue weighted by molar-refractivity contribution is 5.86. The summed E-state index contributed by atoms with van der Waals surface area (Å²) >= 11 is 0. The van der Waals surface area contributed by atoms with Crippen LogP contribution >= 0.6 is 0 Å². The Morgan fingerprint density at radius 1 is 0.792 bits per heavy atom. The maximum absolute atomic E-state index is 4.59. The number of nitrogens with zero attached hydrogens (tertiary/aromatic N) is 2. The van der Waals surface area contributed by atoms with Gasteiger partial charge in [0.1, 0.15) is 0 Å². The SMILES string of the molecule is Cc1ccc(N=Cc2cccn2-c2ccc3ccccc3c2)cc1. The van der Waals surface area contributed by atoms with Crippen molar-refractivity contribution in [2.75, 3.05) is 0 Å². The zero-order chi connectivity index (χ0) is 16.4. The molecule has 0 aliphatic rings. The predicted octanol–water partition coefficient (Wildman–Crippen LogP) is 5.69. The second-order valence-corrected chi connectivity index (χ2v) is 5.93. The van der Waals surface area contributed by atoms with Gasteiger partial charge in [0.25, 0.3) is 0 Å². The Bertz CT molecular complexity index is 1010. The van der Waals surface area contributed by atoms with Gasteiger partial charge in [-0.15, -0.1) is 0 Å². The van der Waals surface area contributed by atoms with E-state index in [4.69, 9.17) is 0 Å². The first-order valence-electron chi connectivity index (χ1n) is 8.07. The van der Waals surface area contributed by atoms with Crippen LogP contribution < -0.4 is 0 Å². The number of aryl methyl sites for hydroxylation is 1. The Labute approximate surface area is 141 Å². The first kappa shape index (κ1) is 14.5. The second kappa shape index (κ2) is 6.17. The van der Waals surface area contributed by atoms with Gasteiger partial charge in [0.15, 0.2) is 0 Å². The largest absolute Gasteiger partial charge is 0.316 e. The van der Waals surface area contributed by atoms with E-state index in [2.05, 4.69) is 83.3 Å². The summed E-state index contributed by atoms with van der Waals surface area (Å²) in [6.45, 7) is 2.08. The van der Waals surface area contributed by atoms with Crippen LogP contribution in [-0.4, -0.2) is 10.8 Å². The van der Waals surface area contributed by atoms with Crippen LogP contribution in [0.25, 0.3) is 16.5 Å². The molecule has 0 spiro atoms. The van der Waals surface area contributed by atoms with E-state index in [9.17, 15) is 0 Å². The van der Waals surface area contributed by atoms with Gasteiger partial charge in [-0.3, -0.25) is 4.99 Å². The molecule has 1 aromatic heterocycles. The predicted molar refractivity (Wildman–Crippen MR) is 102 cm³/mol. The number of hydrogen-bond acceptors (Lipinski definition) is 1. The van der Waals surface area contributed by atoms with E-state index < -0.39 is 0 Å². The van der Waals surface area contributed by atoms with E-state index in [1.165, 1.54) is 16.3 Å². The summed E-state index contributed by atoms with van der Waals surface area (Å²) in [5, 5.41) is 2.49. The van der Waals surface area contributed by atoms with E-state index in [0.29, 0.717) is 0 Å². The van der Waals surface area contributed by atoms with Crippen LogP contribution in [0.1, 0.15) is 11.3 Å². The second-order valence-electron chi connectivity index (χ2n) is 5.93. The lowest BCUT2D eigenvalue weighted by molar-refractivity contribution is 1.07. The van der Waals surface area contributed by atoms with E-state index in [0.717, 1.165) is 17.1 Å². The maximum Gasteiger partial charge on any atom is 0.0639 e. The minimum absolute atomic E-state index is 0.965. The molecule has 3 aromatic carbocycles. The number of benzene rings is 3. The number of fused-ring (bicyclic) bond motifs is 1. The van der Waals surface area contributed by atoms with E-state index in [1.54, 1.807) is 0 Å². The molecular formula is C22H18N2. The number of aromatic nitrogens is 1. The average molecular weight is 310 g/mol. The van der Waals surface area contributed by atoms with E-state index in [1.807, 2.05) is 24.4 Å². The molecule has 2 nitrogen and oxygen atoms in total. The van der Waals surface area contributed by atoms with E-state index >= 15 is 0 Å². The summed E-state index contributed by atoms with van der Waals surface area (Å²) in [4.78, 5) is 4.59. The van der Waals surface area contributed by atoms with Gasteiger partial charge in [-0.1, -0.05) is 48.0 Å². The van der Waals surface area contributed by atoms with Crippen LogP contribution in [0, 0.1) is 6.92 Å². The molecule has 0 atom stereocenters. The van der Waals surface area contributed by atoms with Crippen molar-refractivity contribution in [1.82, 2.24) is 4.57 Å². The van der Waals surface area contributed by atoms with Crippen LogP contribution in [0.3, 0.4) is 0 Å². The topological polar surface area (TPSA) is 17.3 Å². The van der Waals surface area contributed by atoms with Gasteiger partial charge in [0.2, 0.25) is 0 Å². The highest BCUT2D eigenvalue weighted by atomic mass is 15.0. The Morgan fingerprint density at radius 2 is 1.58 bits per heavy atom. The highest BCUT2D eigenvalue weighted by Gasteiger charge is 2.02. The summed E-state index contributed by atoms with van der Waals surface area (Å²) in [5.74, 6) is 0. The fourth-order valence-corrected chi connectivity index (χ4v) is 2.83. The maximum atomic E-state index is 4.59. The molecule has 4 aromatic rings. The van der Waals surface area contributed by atoms with Gasteiger partial charge < -0.3 is 4.57 Å². The lowest BCUT2D eigenvalue weighted by atomic mass is 10.1. The fraction of sp³-hybridized carbons (Fsp3) is 0.0455. The van der Waals surface area contributed by atoms with Gasteiger partial charge in [0.05, 0.1) is 17.6 Å². The van der Waals surface area contributed by atoms with Crippen LogP contribution in [0.2, 0.25) is 0 Å². The summed E-state index contributed by atoms with van der Waals surface area (Å²) < 4.78 is 2.16. The van der Waals surface area contributed by atoms with Crippen molar-refractivity contribution >= 4 is 22.7 Å². The van der Waals surface area contributed by atoms with E-state index in [-0.39, 0.29) is 0 Å². The van der Waals surface area contributed by atoms with Gasteiger partial charge in [0, 0.05) is 11.9 Å². The summed E-state index contributed by atoms with van der Waals surface area (Å²) in [7, 11) is 0.